The minimum absolute atomic E-state index is 0.193. The fraction of sp³-hybridized carbons (Fsp3) is 0.900. The van der Waals surface area contributed by atoms with E-state index in [-0.39, 0.29) is 12.0 Å². The van der Waals surface area contributed by atoms with E-state index in [0.717, 1.165) is 19.4 Å². The van der Waals surface area contributed by atoms with Gasteiger partial charge in [-0.2, -0.15) is 0 Å². The quantitative estimate of drug-likeness (QED) is 0.471. The number of ether oxygens (including phenoxy) is 2. The van der Waals surface area contributed by atoms with Crippen LogP contribution in [0.15, 0.2) is 0 Å². The average molecular weight is 203 g/mol. The molecule has 0 fully saturated rings. The lowest BCUT2D eigenvalue weighted by Crippen LogP contribution is -2.35. The van der Waals surface area contributed by atoms with Crippen LogP contribution in [0.3, 0.4) is 0 Å². The molecule has 4 nitrogen and oxygen atoms in total. The molecule has 0 spiro atoms. The Morgan fingerprint density at radius 1 is 1.29 bits per heavy atom. The molecule has 0 saturated carbocycles. The molecule has 0 bridgehead atoms. The monoisotopic (exact) mass is 203 g/mol. The summed E-state index contributed by atoms with van der Waals surface area (Å²) in [5, 5.41) is 2.89. The predicted molar refractivity (Wildman–Crippen MR) is 55.2 cm³/mol. The molecule has 0 saturated heterocycles. The van der Waals surface area contributed by atoms with Crippen molar-refractivity contribution < 1.29 is 14.3 Å². The lowest BCUT2D eigenvalue weighted by Gasteiger charge is -2.12. The van der Waals surface area contributed by atoms with Gasteiger partial charge in [-0.05, 0) is 19.9 Å². The Balaban J connectivity index is 3.43. The van der Waals surface area contributed by atoms with Crippen molar-refractivity contribution in [3.63, 3.8) is 0 Å². The summed E-state index contributed by atoms with van der Waals surface area (Å²) >= 11 is 0. The maximum atomic E-state index is 11.3. The zero-order chi connectivity index (χ0) is 10.8. The molecule has 0 rings (SSSR count). The van der Waals surface area contributed by atoms with E-state index in [1.807, 2.05) is 13.8 Å². The van der Waals surface area contributed by atoms with Gasteiger partial charge in [0.2, 0.25) is 0 Å². The minimum Gasteiger partial charge on any atom is -0.462 e. The lowest BCUT2D eigenvalue weighted by molar-refractivity contribution is -0.147. The van der Waals surface area contributed by atoms with Crippen LogP contribution in [0.25, 0.3) is 0 Å². The zero-order valence-electron chi connectivity index (χ0n) is 9.34. The molecule has 0 heterocycles. The van der Waals surface area contributed by atoms with E-state index in [4.69, 9.17) is 9.47 Å². The first-order chi connectivity index (χ1) is 6.76. The van der Waals surface area contributed by atoms with Crippen molar-refractivity contribution in [2.24, 2.45) is 0 Å². The molecule has 0 aromatic carbocycles. The largest absolute Gasteiger partial charge is 0.462 e. The molecule has 4 heteroatoms. The number of carbonyl (C=O) groups excluding carboxylic acids is 1. The molecule has 0 aliphatic carbocycles. The van der Waals surface area contributed by atoms with Crippen LogP contribution in [0.5, 0.6) is 0 Å². The highest BCUT2D eigenvalue weighted by Gasteiger charge is 2.14. The second-order valence-electron chi connectivity index (χ2n) is 3.03. The van der Waals surface area contributed by atoms with Crippen LogP contribution in [0.4, 0.5) is 0 Å². The Morgan fingerprint density at radius 2 is 2.00 bits per heavy atom. The molecule has 14 heavy (non-hydrogen) atoms. The van der Waals surface area contributed by atoms with Gasteiger partial charge in [0, 0.05) is 6.61 Å². The van der Waals surface area contributed by atoms with Gasteiger partial charge in [-0.25, -0.2) is 0 Å². The lowest BCUT2D eigenvalue weighted by atomic mass is 10.2. The third-order valence-corrected chi connectivity index (χ3v) is 1.86. The average Bonchev–Trinajstić information content (AvgIpc) is 2.19. The predicted octanol–water partition coefficient (Wildman–Crippen LogP) is 0.954. The standard InChI is InChI=1S/C10H21NO3/c1-4-6-13-7-8-14-10(12)9(5-2)11-3/h9,11H,4-8H2,1-3H3. The van der Waals surface area contributed by atoms with Gasteiger partial charge in [-0.15, -0.1) is 0 Å². The summed E-state index contributed by atoms with van der Waals surface area (Å²) in [7, 11) is 1.75. The van der Waals surface area contributed by atoms with E-state index in [1.165, 1.54) is 0 Å². The number of hydrogen-bond acceptors (Lipinski definition) is 4. The molecular formula is C10H21NO3. The number of carbonyl (C=O) groups is 1. The van der Waals surface area contributed by atoms with Crippen LogP contribution in [-0.2, 0) is 14.3 Å². The number of esters is 1. The molecule has 0 aliphatic rings. The molecule has 1 N–H and O–H groups in total. The van der Waals surface area contributed by atoms with E-state index >= 15 is 0 Å². The first-order valence-electron chi connectivity index (χ1n) is 5.17. The molecule has 0 amide bonds. The maximum Gasteiger partial charge on any atom is 0.323 e. The fourth-order valence-corrected chi connectivity index (χ4v) is 1.04. The van der Waals surface area contributed by atoms with Crippen molar-refractivity contribution >= 4 is 5.97 Å². The van der Waals surface area contributed by atoms with E-state index in [9.17, 15) is 4.79 Å². The van der Waals surface area contributed by atoms with Gasteiger partial charge < -0.3 is 14.8 Å². The number of nitrogens with one attached hydrogen (secondary N) is 1. The summed E-state index contributed by atoms with van der Waals surface area (Å²) in [5.74, 6) is -0.199. The number of likely N-dealkylation sites (N-methyl/N-ethyl adjacent to an activating group) is 1. The van der Waals surface area contributed by atoms with Gasteiger partial charge in [0.1, 0.15) is 12.6 Å². The van der Waals surface area contributed by atoms with Crippen LogP contribution in [-0.4, -0.2) is 38.9 Å². The SMILES string of the molecule is CCCOCCOC(=O)C(CC)NC. The van der Waals surface area contributed by atoms with Crippen LogP contribution >= 0.6 is 0 Å². The normalized spacial score (nSPS) is 12.5. The Labute approximate surface area is 86.0 Å². The molecule has 0 aromatic rings. The highest BCUT2D eigenvalue weighted by Crippen LogP contribution is 1.93. The number of hydrogen-bond donors (Lipinski definition) is 1. The molecule has 1 atom stereocenters. The fourth-order valence-electron chi connectivity index (χ4n) is 1.04. The minimum atomic E-state index is -0.199. The number of rotatable bonds is 8. The summed E-state index contributed by atoms with van der Waals surface area (Å²) in [6.07, 6.45) is 1.73. The Morgan fingerprint density at radius 3 is 2.50 bits per heavy atom. The molecular weight excluding hydrogens is 182 g/mol. The van der Waals surface area contributed by atoms with Gasteiger partial charge >= 0.3 is 5.97 Å². The molecule has 0 aromatic heterocycles. The van der Waals surface area contributed by atoms with Crippen molar-refractivity contribution in [2.75, 3.05) is 26.9 Å². The molecule has 1 unspecified atom stereocenters. The summed E-state index contributed by atoms with van der Waals surface area (Å²) in [5.41, 5.74) is 0. The summed E-state index contributed by atoms with van der Waals surface area (Å²) in [4.78, 5) is 11.3. The molecule has 0 aliphatic heterocycles. The van der Waals surface area contributed by atoms with Gasteiger partial charge in [0.25, 0.3) is 0 Å². The van der Waals surface area contributed by atoms with Gasteiger partial charge in [-0.1, -0.05) is 13.8 Å². The zero-order valence-corrected chi connectivity index (χ0v) is 9.34. The second-order valence-corrected chi connectivity index (χ2v) is 3.03. The summed E-state index contributed by atoms with van der Waals surface area (Å²) < 4.78 is 10.2. The van der Waals surface area contributed by atoms with Gasteiger partial charge in [-0.3, -0.25) is 4.79 Å². The molecule has 84 valence electrons. The van der Waals surface area contributed by atoms with Crippen LogP contribution < -0.4 is 5.32 Å². The van der Waals surface area contributed by atoms with E-state index in [2.05, 4.69) is 5.32 Å². The van der Waals surface area contributed by atoms with E-state index in [1.54, 1.807) is 7.05 Å². The second kappa shape index (κ2) is 8.97. The highest BCUT2D eigenvalue weighted by atomic mass is 16.6. The van der Waals surface area contributed by atoms with Crippen molar-refractivity contribution in [2.45, 2.75) is 32.7 Å². The Hall–Kier alpha value is -0.610. The van der Waals surface area contributed by atoms with Crippen LogP contribution in [0, 0.1) is 0 Å². The van der Waals surface area contributed by atoms with Crippen LogP contribution in [0.2, 0.25) is 0 Å². The first-order valence-corrected chi connectivity index (χ1v) is 5.17. The molecule has 0 radical (unpaired) electrons. The van der Waals surface area contributed by atoms with Gasteiger partial charge in [0.05, 0.1) is 6.61 Å². The first kappa shape index (κ1) is 13.4. The van der Waals surface area contributed by atoms with E-state index in [0.29, 0.717) is 13.2 Å². The third kappa shape index (κ3) is 5.94. The highest BCUT2D eigenvalue weighted by molar-refractivity contribution is 5.75. The maximum absolute atomic E-state index is 11.3. The van der Waals surface area contributed by atoms with Crippen molar-refractivity contribution in [3.8, 4) is 0 Å². The van der Waals surface area contributed by atoms with Crippen molar-refractivity contribution in [1.82, 2.24) is 5.32 Å². The van der Waals surface area contributed by atoms with Gasteiger partial charge in [0.15, 0.2) is 0 Å². The Bertz CT molecular complexity index is 146. The van der Waals surface area contributed by atoms with Crippen molar-refractivity contribution in [3.05, 3.63) is 0 Å². The Kier molecular flexibility index (Phi) is 8.57. The summed E-state index contributed by atoms with van der Waals surface area (Å²) in [6.45, 7) is 5.54. The third-order valence-electron chi connectivity index (χ3n) is 1.86. The smallest absolute Gasteiger partial charge is 0.323 e. The van der Waals surface area contributed by atoms with E-state index < -0.39 is 0 Å². The topological polar surface area (TPSA) is 47.6 Å². The summed E-state index contributed by atoms with van der Waals surface area (Å²) in [6, 6.07) is -0.193. The van der Waals surface area contributed by atoms with Crippen molar-refractivity contribution in [1.29, 1.82) is 0 Å². The van der Waals surface area contributed by atoms with Crippen LogP contribution in [0.1, 0.15) is 26.7 Å².